The maximum absolute atomic E-state index is 5.44. The molecule has 11 aromatic rings. The van der Waals surface area contributed by atoms with Crippen molar-refractivity contribution in [2.75, 3.05) is 0 Å². The molecule has 0 fully saturated rings. The van der Waals surface area contributed by atoms with Crippen LogP contribution in [-0.2, 0) is 0 Å². The van der Waals surface area contributed by atoms with E-state index < -0.39 is 0 Å². The zero-order chi connectivity index (χ0) is 37.0. The molecule has 0 atom stereocenters. The Morgan fingerprint density at radius 2 is 0.875 bits per heavy atom. The van der Waals surface area contributed by atoms with Crippen LogP contribution in [0.15, 0.2) is 194 Å². The normalized spacial score (nSPS) is 11.6. The van der Waals surface area contributed by atoms with Crippen LogP contribution in [0.5, 0.6) is 0 Å². The second-order valence-corrected chi connectivity index (χ2v) is 15.0. The van der Waals surface area contributed by atoms with Crippen LogP contribution in [0.3, 0.4) is 0 Å². The molecule has 5 heteroatoms. The first kappa shape index (κ1) is 32.2. The van der Waals surface area contributed by atoms with E-state index in [2.05, 4.69) is 199 Å². The van der Waals surface area contributed by atoms with Gasteiger partial charge in [0.2, 0.25) is 0 Å². The number of thiophene rings is 1. The zero-order valence-electron chi connectivity index (χ0n) is 30.2. The number of benzene rings is 8. The highest BCUT2D eigenvalue weighted by Gasteiger charge is 2.22. The van der Waals surface area contributed by atoms with Crippen molar-refractivity contribution in [3.05, 3.63) is 194 Å². The van der Waals surface area contributed by atoms with Gasteiger partial charge in [0.15, 0.2) is 17.5 Å². The monoisotopic (exact) mass is 732 g/mol. The molecule has 8 aromatic carbocycles. The SMILES string of the molecule is c1ccc(-c2ccc(-c3ccccc3)c(-c3nc(-c4ccccc4-n4c5ccccc5c5ccccc54)nc(-c4cccc5c4sc4ccccc45)n3)c2)cc1. The average Bonchev–Trinajstić information content (AvgIpc) is 3.83. The van der Waals surface area contributed by atoms with Gasteiger partial charge in [-0.05, 0) is 64.7 Å². The van der Waals surface area contributed by atoms with Gasteiger partial charge < -0.3 is 4.57 Å². The van der Waals surface area contributed by atoms with Crippen LogP contribution in [-0.4, -0.2) is 19.5 Å². The molecule has 0 unspecified atom stereocenters. The lowest BCUT2D eigenvalue weighted by Crippen LogP contribution is -2.04. The number of fused-ring (bicyclic) bond motifs is 6. The first-order valence-corrected chi connectivity index (χ1v) is 19.6. The molecular formula is C51H32N4S. The van der Waals surface area contributed by atoms with E-state index in [-0.39, 0.29) is 0 Å². The average molecular weight is 733 g/mol. The molecule has 0 aliphatic heterocycles. The Kier molecular flexibility index (Phi) is 7.64. The van der Waals surface area contributed by atoms with Crippen molar-refractivity contribution < 1.29 is 0 Å². The van der Waals surface area contributed by atoms with Crippen molar-refractivity contribution in [1.29, 1.82) is 0 Å². The van der Waals surface area contributed by atoms with Crippen molar-refractivity contribution in [3.63, 3.8) is 0 Å². The molecular weight excluding hydrogens is 701 g/mol. The van der Waals surface area contributed by atoms with Gasteiger partial charge >= 0.3 is 0 Å². The molecule has 0 aliphatic rings. The molecule has 0 aliphatic carbocycles. The second-order valence-electron chi connectivity index (χ2n) is 14.0. The fourth-order valence-electron chi connectivity index (χ4n) is 8.11. The minimum absolute atomic E-state index is 0.615. The lowest BCUT2D eigenvalue weighted by molar-refractivity contribution is 1.07. The van der Waals surface area contributed by atoms with Gasteiger partial charge in [-0.25, -0.2) is 15.0 Å². The van der Waals surface area contributed by atoms with E-state index in [1.54, 1.807) is 11.3 Å². The molecule has 0 amide bonds. The standard InChI is InChI=1S/C51H32N4S/c1-3-16-33(17-4-1)35-30-31-36(34-18-5-2-6-19-34)43(32-35)51-53-49(52-50(54-51)42-25-15-24-40-39-22-10-14-29-47(39)56-48(40)42)41-23-9-13-28-46(41)55-44-26-11-7-20-37(44)38-21-8-12-27-45(38)55/h1-32H. The van der Waals surface area contributed by atoms with Gasteiger partial charge in [-0.3, -0.25) is 0 Å². The topological polar surface area (TPSA) is 43.6 Å². The Balaban J connectivity index is 1.22. The second kappa shape index (κ2) is 13.3. The van der Waals surface area contributed by atoms with Gasteiger partial charge in [0, 0.05) is 47.6 Å². The fraction of sp³-hybridized carbons (Fsp3) is 0. The molecule has 56 heavy (non-hydrogen) atoms. The third-order valence-electron chi connectivity index (χ3n) is 10.7. The van der Waals surface area contributed by atoms with E-state index >= 15 is 0 Å². The lowest BCUT2D eigenvalue weighted by Gasteiger charge is -2.16. The molecule has 0 radical (unpaired) electrons. The summed E-state index contributed by atoms with van der Waals surface area (Å²) in [4.78, 5) is 16.3. The summed E-state index contributed by atoms with van der Waals surface area (Å²) >= 11 is 1.79. The molecule has 3 heterocycles. The molecule has 0 bridgehead atoms. The van der Waals surface area contributed by atoms with Crippen LogP contribution < -0.4 is 0 Å². The summed E-state index contributed by atoms with van der Waals surface area (Å²) in [6, 6.07) is 68.5. The number of hydrogen-bond acceptors (Lipinski definition) is 4. The summed E-state index contributed by atoms with van der Waals surface area (Å²) in [7, 11) is 0. The highest BCUT2D eigenvalue weighted by molar-refractivity contribution is 7.26. The van der Waals surface area contributed by atoms with Crippen LogP contribution in [0.4, 0.5) is 0 Å². The Morgan fingerprint density at radius 3 is 1.61 bits per heavy atom. The molecule has 0 saturated heterocycles. The van der Waals surface area contributed by atoms with Gasteiger partial charge in [0.05, 0.1) is 16.7 Å². The van der Waals surface area contributed by atoms with Crippen LogP contribution in [0, 0.1) is 0 Å². The van der Waals surface area contributed by atoms with Crippen LogP contribution in [0.25, 0.3) is 104 Å². The van der Waals surface area contributed by atoms with Crippen molar-refractivity contribution in [2.24, 2.45) is 0 Å². The van der Waals surface area contributed by atoms with Crippen LogP contribution in [0.2, 0.25) is 0 Å². The van der Waals surface area contributed by atoms with Gasteiger partial charge in [0.25, 0.3) is 0 Å². The number of nitrogens with zero attached hydrogens (tertiary/aromatic N) is 4. The summed E-state index contributed by atoms with van der Waals surface area (Å²) in [6.07, 6.45) is 0. The van der Waals surface area contributed by atoms with Gasteiger partial charge in [-0.2, -0.15) is 0 Å². The molecule has 3 aromatic heterocycles. The quantitative estimate of drug-likeness (QED) is 0.171. The van der Waals surface area contributed by atoms with E-state index in [0.717, 1.165) is 60.4 Å². The van der Waals surface area contributed by atoms with E-state index in [1.165, 1.54) is 26.2 Å². The maximum Gasteiger partial charge on any atom is 0.166 e. The zero-order valence-corrected chi connectivity index (χ0v) is 31.0. The first-order chi connectivity index (χ1) is 27.8. The van der Waals surface area contributed by atoms with Crippen LogP contribution in [0.1, 0.15) is 0 Å². The van der Waals surface area contributed by atoms with E-state index in [0.29, 0.717) is 17.5 Å². The van der Waals surface area contributed by atoms with Crippen molar-refractivity contribution >= 4 is 53.3 Å². The molecule has 262 valence electrons. The molecule has 0 spiro atoms. The van der Waals surface area contributed by atoms with Crippen LogP contribution >= 0.6 is 11.3 Å². The highest BCUT2D eigenvalue weighted by Crippen LogP contribution is 2.42. The largest absolute Gasteiger partial charge is 0.309 e. The minimum Gasteiger partial charge on any atom is -0.309 e. The summed E-state index contributed by atoms with van der Waals surface area (Å²) in [5.41, 5.74) is 10.5. The smallest absolute Gasteiger partial charge is 0.166 e. The number of aromatic nitrogens is 4. The highest BCUT2D eigenvalue weighted by atomic mass is 32.1. The Morgan fingerprint density at radius 1 is 0.339 bits per heavy atom. The third-order valence-corrected chi connectivity index (χ3v) is 11.9. The molecule has 11 rings (SSSR count). The van der Waals surface area contributed by atoms with Gasteiger partial charge in [0.1, 0.15) is 0 Å². The number of para-hydroxylation sites is 3. The van der Waals surface area contributed by atoms with Gasteiger partial charge in [-0.1, -0.05) is 152 Å². The maximum atomic E-state index is 5.44. The predicted octanol–water partition coefficient (Wildman–Crippen LogP) is 13.7. The van der Waals surface area contributed by atoms with Gasteiger partial charge in [-0.15, -0.1) is 11.3 Å². The summed E-state index contributed by atoms with van der Waals surface area (Å²) in [5, 5.41) is 4.85. The third kappa shape index (κ3) is 5.32. The molecule has 0 N–H and O–H groups in total. The first-order valence-electron chi connectivity index (χ1n) is 18.8. The minimum atomic E-state index is 0.615. The Hall–Kier alpha value is -7.21. The number of rotatable bonds is 6. The van der Waals surface area contributed by atoms with E-state index in [1.807, 2.05) is 0 Å². The van der Waals surface area contributed by atoms with E-state index in [9.17, 15) is 0 Å². The number of hydrogen-bond donors (Lipinski definition) is 0. The predicted molar refractivity (Wildman–Crippen MR) is 234 cm³/mol. The summed E-state index contributed by atoms with van der Waals surface area (Å²) in [5.74, 6) is 1.88. The fourth-order valence-corrected chi connectivity index (χ4v) is 9.32. The van der Waals surface area contributed by atoms with Crippen molar-refractivity contribution in [2.45, 2.75) is 0 Å². The summed E-state index contributed by atoms with van der Waals surface area (Å²) < 4.78 is 4.75. The summed E-state index contributed by atoms with van der Waals surface area (Å²) in [6.45, 7) is 0. The molecule has 0 saturated carbocycles. The Labute approximate surface area is 327 Å². The molecule has 4 nitrogen and oxygen atoms in total. The van der Waals surface area contributed by atoms with Crippen molar-refractivity contribution in [1.82, 2.24) is 19.5 Å². The van der Waals surface area contributed by atoms with Crippen molar-refractivity contribution in [3.8, 4) is 62.1 Å². The Bertz CT molecular complexity index is 3200. The lowest BCUT2D eigenvalue weighted by atomic mass is 9.94. The van der Waals surface area contributed by atoms with E-state index in [4.69, 9.17) is 15.0 Å².